The summed E-state index contributed by atoms with van der Waals surface area (Å²) in [6, 6.07) is 0. The van der Waals surface area contributed by atoms with E-state index in [1.165, 1.54) is 13.0 Å². The van der Waals surface area contributed by atoms with E-state index in [4.69, 9.17) is 4.74 Å². The zero-order valence-electron chi connectivity index (χ0n) is 10.3. The Kier molecular flexibility index (Phi) is 4.61. The summed E-state index contributed by atoms with van der Waals surface area (Å²) in [5, 5.41) is 0. The summed E-state index contributed by atoms with van der Waals surface area (Å²) in [5.74, 6) is -0.538. The number of hydrogen-bond acceptors (Lipinski definition) is 4. The first-order chi connectivity index (χ1) is 8.03. The second-order valence-corrected chi connectivity index (χ2v) is 4.27. The SMILES string of the molecule is CCOC(=O)/C=C/CC1(C(C)=O)CCCC1=O. The molecule has 1 saturated carbocycles. The Labute approximate surface area is 101 Å². The van der Waals surface area contributed by atoms with Gasteiger partial charge in [0.15, 0.2) is 0 Å². The highest BCUT2D eigenvalue weighted by molar-refractivity contribution is 6.07. The molecular weight excluding hydrogens is 220 g/mol. The van der Waals surface area contributed by atoms with Crippen molar-refractivity contribution in [1.29, 1.82) is 0 Å². The molecule has 0 N–H and O–H groups in total. The molecule has 0 spiro atoms. The Balaban J connectivity index is 2.67. The van der Waals surface area contributed by atoms with E-state index in [9.17, 15) is 14.4 Å². The van der Waals surface area contributed by atoms with Crippen molar-refractivity contribution in [1.82, 2.24) is 0 Å². The second-order valence-electron chi connectivity index (χ2n) is 4.27. The number of ether oxygens (including phenoxy) is 1. The first kappa shape index (κ1) is 13.6. The van der Waals surface area contributed by atoms with Gasteiger partial charge in [-0.15, -0.1) is 0 Å². The van der Waals surface area contributed by atoms with Crippen LogP contribution in [0, 0.1) is 5.41 Å². The van der Waals surface area contributed by atoms with E-state index in [2.05, 4.69) is 0 Å². The third-order valence-electron chi connectivity index (χ3n) is 3.22. The van der Waals surface area contributed by atoms with Crippen molar-refractivity contribution >= 4 is 17.5 Å². The van der Waals surface area contributed by atoms with Gasteiger partial charge in [0, 0.05) is 12.5 Å². The van der Waals surface area contributed by atoms with E-state index < -0.39 is 11.4 Å². The molecule has 0 amide bonds. The fourth-order valence-electron chi connectivity index (χ4n) is 2.21. The number of hydrogen-bond donors (Lipinski definition) is 0. The molecule has 0 heterocycles. The van der Waals surface area contributed by atoms with Gasteiger partial charge >= 0.3 is 5.97 Å². The van der Waals surface area contributed by atoms with Crippen LogP contribution in [-0.4, -0.2) is 24.1 Å². The number of rotatable bonds is 5. The third kappa shape index (κ3) is 3.02. The maximum absolute atomic E-state index is 11.8. The van der Waals surface area contributed by atoms with Crippen molar-refractivity contribution in [3.05, 3.63) is 12.2 Å². The van der Waals surface area contributed by atoms with E-state index in [1.807, 2.05) is 0 Å². The number of esters is 1. The first-order valence-electron chi connectivity index (χ1n) is 5.90. The van der Waals surface area contributed by atoms with Crippen molar-refractivity contribution in [2.24, 2.45) is 5.41 Å². The third-order valence-corrected chi connectivity index (χ3v) is 3.22. The first-order valence-corrected chi connectivity index (χ1v) is 5.90. The van der Waals surface area contributed by atoms with Crippen LogP contribution in [0.15, 0.2) is 12.2 Å². The minimum atomic E-state index is -0.886. The van der Waals surface area contributed by atoms with E-state index >= 15 is 0 Å². The fraction of sp³-hybridized carbons (Fsp3) is 0.615. The van der Waals surface area contributed by atoms with Gasteiger partial charge in [0.1, 0.15) is 11.6 Å². The number of ketones is 2. The van der Waals surface area contributed by atoms with Crippen LogP contribution < -0.4 is 0 Å². The summed E-state index contributed by atoms with van der Waals surface area (Å²) in [5.41, 5.74) is -0.886. The Bertz CT molecular complexity index is 356. The summed E-state index contributed by atoms with van der Waals surface area (Å²) in [7, 11) is 0. The molecule has 0 aromatic carbocycles. The van der Waals surface area contributed by atoms with Gasteiger partial charge in [0.2, 0.25) is 0 Å². The molecule has 1 aliphatic carbocycles. The largest absolute Gasteiger partial charge is 0.463 e. The highest BCUT2D eigenvalue weighted by atomic mass is 16.5. The predicted molar refractivity (Wildman–Crippen MR) is 62.4 cm³/mol. The van der Waals surface area contributed by atoms with E-state index in [0.717, 1.165) is 6.42 Å². The maximum atomic E-state index is 11.8. The minimum Gasteiger partial charge on any atom is -0.463 e. The summed E-state index contributed by atoms with van der Waals surface area (Å²) in [6.07, 6.45) is 4.98. The second kappa shape index (κ2) is 5.75. The van der Waals surface area contributed by atoms with Gasteiger partial charge in [0.25, 0.3) is 0 Å². The molecule has 0 aliphatic heterocycles. The van der Waals surface area contributed by atoms with Gasteiger partial charge in [0.05, 0.1) is 12.0 Å². The van der Waals surface area contributed by atoms with Gasteiger partial charge in [-0.2, -0.15) is 0 Å². The average molecular weight is 238 g/mol. The Morgan fingerprint density at radius 1 is 1.47 bits per heavy atom. The Morgan fingerprint density at radius 3 is 2.65 bits per heavy atom. The number of Topliss-reactive ketones (excluding diaryl/α,β-unsaturated/α-hetero) is 2. The zero-order valence-corrected chi connectivity index (χ0v) is 10.3. The van der Waals surface area contributed by atoms with Crippen molar-refractivity contribution in [2.75, 3.05) is 6.61 Å². The monoisotopic (exact) mass is 238 g/mol. The van der Waals surface area contributed by atoms with Crippen LogP contribution in [0.3, 0.4) is 0 Å². The average Bonchev–Trinajstić information content (AvgIpc) is 2.62. The molecule has 1 aliphatic rings. The Hall–Kier alpha value is -1.45. The van der Waals surface area contributed by atoms with Crippen LogP contribution in [0.2, 0.25) is 0 Å². The zero-order chi connectivity index (χ0) is 12.9. The van der Waals surface area contributed by atoms with E-state index in [-0.39, 0.29) is 11.6 Å². The standard InChI is InChI=1S/C13H18O4/c1-3-17-12(16)7-5-9-13(10(2)14)8-4-6-11(13)15/h5,7H,3-4,6,8-9H2,1-2H3/b7-5+. The van der Waals surface area contributed by atoms with Crippen molar-refractivity contribution in [3.63, 3.8) is 0 Å². The molecule has 0 aromatic heterocycles. The molecular formula is C13H18O4. The molecule has 1 atom stereocenters. The van der Waals surface area contributed by atoms with Gasteiger partial charge in [-0.1, -0.05) is 6.08 Å². The highest BCUT2D eigenvalue weighted by Gasteiger charge is 2.44. The molecule has 17 heavy (non-hydrogen) atoms. The smallest absolute Gasteiger partial charge is 0.330 e. The molecule has 1 rings (SSSR count). The highest BCUT2D eigenvalue weighted by Crippen LogP contribution is 2.39. The number of allylic oxidation sites excluding steroid dienone is 1. The lowest BCUT2D eigenvalue weighted by Gasteiger charge is -2.21. The van der Waals surface area contributed by atoms with E-state index in [0.29, 0.717) is 25.9 Å². The summed E-state index contributed by atoms with van der Waals surface area (Å²) in [4.78, 5) is 34.5. The summed E-state index contributed by atoms with van der Waals surface area (Å²) in [6.45, 7) is 3.49. The van der Waals surface area contributed by atoms with Gasteiger partial charge in [-0.25, -0.2) is 4.79 Å². The van der Waals surface area contributed by atoms with Crippen LogP contribution in [0.25, 0.3) is 0 Å². The van der Waals surface area contributed by atoms with Crippen LogP contribution in [0.5, 0.6) is 0 Å². The summed E-state index contributed by atoms with van der Waals surface area (Å²) < 4.78 is 4.73. The molecule has 0 bridgehead atoms. The lowest BCUT2D eigenvalue weighted by Crippen LogP contribution is -2.32. The predicted octanol–water partition coefficient (Wildman–Crippen LogP) is 1.82. The molecule has 1 fully saturated rings. The maximum Gasteiger partial charge on any atom is 0.330 e. The lowest BCUT2D eigenvalue weighted by molar-refractivity contribution is -0.139. The molecule has 0 radical (unpaired) electrons. The van der Waals surface area contributed by atoms with Crippen molar-refractivity contribution in [2.45, 2.75) is 39.5 Å². The van der Waals surface area contributed by atoms with Crippen LogP contribution in [-0.2, 0) is 19.1 Å². The molecule has 94 valence electrons. The van der Waals surface area contributed by atoms with Gasteiger partial charge in [-0.3, -0.25) is 9.59 Å². The normalized spacial score (nSPS) is 24.2. The quantitative estimate of drug-likeness (QED) is 0.416. The topological polar surface area (TPSA) is 60.4 Å². The molecule has 0 saturated heterocycles. The summed E-state index contributed by atoms with van der Waals surface area (Å²) >= 11 is 0. The van der Waals surface area contributed by atoms with Crippen molar-refractivity contribution < 1.29 is 19.1 Å². The minimum absolute atomic E-state index is 0.00138. The van der Waals surface area contributed by atoms with Gasteiger partial charge < -0.3 is 4.74 Å². The van der Waals surface area contributed by atoms with Crippen molar-refractivity contribution in [3.8, 4) is 0 Å². The number of carbonyl (C=O) groups excluding carboxylic acids is 3. The van der Waals surface area contributed by atoms with Crippen LogP contribution >= 0.6 is 0 Å². The molecule has 4 heteroatoms. The molecule has 4 nitrogen and oxygen atoms in total. The fourth-order valence-corrected chi connectivity index (χ4v) is 2.21. The lowest BCUT2D eigenvalue weighted by atomic mass is 9.78. The van der Waals surface area contributed by atoms with Crippen LogP contribution in [0.4, 0.5) is 0 Å². The van der Waals surface area contributed by atoms with Gasteiger partial charge in [-0.05, 0) is 33.1 Å². The molecule has 1 unspecified atom stereocenters. The van der Waals surface area contributed by atoms with Crippen LogP contribution in [0.1, 0.15) is 39.5 Å². The number of carbonyl (C=O) groups is 3. The van der Waals surface area contributed by atoms with E-state index in [1.54, 1.807) is 13.0 Å². The molecule has 0 aromatic rings. The Morgan fingerprint density at radius 2 is 2.18 bits per heavy atom.